The van der Waals surface area contributed by atoms with Crippen molar-refractivity contribution >= 4 is 16.8 Å². The number of hydrogen-bond acceptors (Lipinski definition) is 6. The van der Waals surface area contributed by atoms with Crippen LogP contribution in [0.3, 0.4) is 0 Å². The van der Waals surface area contributed by atoms with Crippen molar-refractivity contribution in [1.82, 2.24) is 0 Å². The average molecular weight is 635 g/mol. The Kier molecular flexibility index (Phi) is 9.14. The van der Waals surface area contributed by atoms with E-state index in [1.807, 2.05) is 115 Å². The van der Waals surface area contributed by atoms with Crippen LogP contribution >= 0.6 is 0 Å². The highest BCUT2D eigenvalue weighted by molar-refractivity contribution is 5.91. The monoisotopic (exact) mass is 634 g/mol. The van der Waals surface area contributed by atoms with E-state index in [0.29, 0.717) is 59.7 Å². The molecular formula is C42H34O6. The van der Waals surface area contributed by atoms with Gasteiger partial charge in [-0.1, -0.05) is 91.0 Å². The van der Waals surface area contributed by atoms with Crippen LogP contribution < -0.4 is 19.6 Å². The lowest BCUT2D eigenvalue weighted by atomic mass is 10.0. The Morgan fingerprint density at radius 1 is 0.667 bits per heavy atom. The fourth-order valence-corrected chi connectivity index (χ4v) is 5.77. The summed E-state index contributed by atoms with van der Waals surface area (Å²) < 4.78 is 25.4. The molecule has 0 bridgehead atoms. The predicted octanol–water partition coefficient (Wildman–Crippen LogP) is 8.88. The van der Waals surface area contributed by atoms with Crippen LogP contribution in [0.1, 0.15) is 35.1 Å². The Labute approximate surface area is 278 Å². The molecule has 0 amide bonds. The van der Waals surface area contributed by atoms with Gasteiger partial charge in [0.1, 0.15) is 41.8 Å². The molecule has 0 radical (unpaired) electrons. The van der Waals surface area contributed by atoms with Crippen LogP contribution in [0.25, 0.3) is 22.3 Å². The van der Waals surface area contributed by atoms with Crippen molar-refractivity contribution in [3.8, 4) is 28.6 Å². The second-order valence-electron chi connectivity index (χ2n) is 11.8. The fourth-order valence-electron chi connectivity index (χ4n) is 5.77. The van der Waals surface area contributed by atoms with E-state index in [9.17, 15) is 9.59 Å². The third kappa shape index (κ3) is 7.24. The van der Waals surface area contributed by atoms with Gasteiger partial charge < -0.3 is 18.6 Å². The van der Waals surface area contributed by atoms with E-state index in [-0.39, 0.29) is 23.6 Å². The van der Waals surface area contributed by atoms with Crippen LogP contribution in [0.15, 0.2) is 149 Å². The summed E-state index contributed by atoms with van der Waals surface area (Å²) in [6.07, 6.45) is 4.20. The van der Waals surface area contributed by atoms with Crippen LogP contribution in [0.5, 0.6) is 17.2 Å². The highest BCUT2D eigenvalue weighted by Gasteiger charge is 2.25. The largest absolute Gasteiger partial charge is 0.489 e. The molecule has 1 heterocycles. The van der Waals surface area contributed by atoms with E-state index >= 15 is 0 Å². The average Bonchev–Trinajstić information content (AvgIpc) is 3.13. The minimum atomic E-state index is -0.457. The number of rotatable bonds is 11. The van der Waals surface area contributed by atoms with Crippen molar-refractivity contribution in [1.29, 1.82) is 0 Å². The van der Waals surface area contributed by atoms with Crippen LogP contribution in [0, 0.1) is 0 Å². The molecule has 1 aliphatic carbocycles. The van der Waals surface area contributed by atoms with E-state index in [4.69, 9.17) is 18.6 Å². The summed E-state index contributed by atoms with van der Waals surface area (Å²) in [7, 11) is 0. The lowest BCUT2D eigenvalue weighted by molar-refractivity contribution is -0.115. The van der Waals surface area contributed by atoms with Crippen molar-refractivity contribution in [3.05, 3.63) is 172 Å². The molecule has 48 heavy (non-hydrogen) atoms. The first kappa shape index (κ1) is 30.8. The number of ether oxygens (including phenoxy) is 3. The first-order chi connectivity index (χ1) is 23.6. The van der Waals surface area contributed by atoms with Crippen LogP contribution in [0.2, 0.25) is 0 Å². The smallest absolute Gasteiger partial charge is 0.239 e. The van der Waals surface area contributed by atoms with Crippen molar-refractivity contribution in [3.63, 3.8) is 0 Å². The number of carbonyl (C=O) groups is 1. The van der Waals surface area contributed by atoms with E-state index in [2.05, 4.69) is 12.1 Å². The van der Waals surface area contributed by atoms with Gasteiger partial charge in [0.15, 0.2) is 11.5 Å². The molecule has 0 spiro atoms. The third-order valence-electron chi connectivity index (χ3n) is 8.27. The lowest BCUT2D eigenvalue weighted by Gasteiger charge is -2.20. The van der Waals surface area contributed by atoms with Gasteiger partial charge in [-0.3, -0.25) is 9.59 Å². The molecule has 1 aromatic heterocycles. The minimum Gasteiger partial charge on any atom is -0.489 e. The van der Waals surface area contributed by atoms with E-state index in [1.165, 1.54) is 6.08 Å². The molecule has 6 nitrogen and oxygen atoms in total. The Hall–Kier alpha value is -5.88. The van der Waals surface area contributed by atoms with Gasteiger partial charge >= 0.3 is 0 Å². The van der Waals surface area contributed by atoms with Gasteiger partial charge in [-0.2, -0.15) is 0 Å². The lowest BCUT2D eigenvalue weighted by Crippen LogP contribution is -2.23. The molecule has 0 aliphatic heterocycles. The van der Waals surface area contributed by atoms with Crippen LogP contribution in [0.4, 0.5) is 0 Å². The molecule has 238 valence electrons. The van der Waals surface area contributed by atoms with Crippen LogP contribution in [-0.4, -0.2) is 11.9 Å². The van der Waals surface area contributed by atoms with Gasteiger partial charge in [0.05, 0.1) is 0 Å². The molecule has 0 saturated heterocycles. The number of carbonyl (C=O) groups excluding carboxylic acids is 1. The minimum absolute atomic E-state index is 0.0363. The summed E-state index contributed by atoms with van der Waals surface area (Å²) in [5.74, 6) is 1.52. The number of hydrogen-bond donors (Lipinski definition) is 0. The summed E-state index contributed by atoms with van der Waals surface area (Å²) in [5.41, 5.74) is 4.83. The third-order valence-corrected chi connectivity index (χ3v) is 8.27. The van der Waals surface area contributed by atoms with Gasteiger partial charge in [-0.15, -0.1) is 0 Å². The summed E-state index contributed by atoms with van der Waals surface area (Å²) in [6.45, 7) is 0.711. The zero-order valence-corrected chi connectivity index (χ0v) is 26.3. The Morgan fingerprint density at radius 3 is 1.92 bits per heavy atom. The summed E-state index contributed by atoms with van der Waals surface area (Å²) in [4.78, 5) is 26.4. The number of allylic oxidation sites excluding steroid dienone is 1. The first-order valence-corrected chi connectivity index (χ1v) is 16.1. The standard InChI is InChI=1S/C42H34O6/c43-34-18-22-36(23-19-34)47-42-40(44)39-37(46-28-31-14-8-3-9-15-31)25-32(24-29-10-4-1-5-11-29)26-38(39)48-41(42)33-16-20-35(21-17-33)45-27-30-12-6-2-7-13-30/h1-18,20-22,25-26,36H,19,23-24,27-28H2/t36-/m0/s1. The van der Waals surface area contributed by atoms with E-state index < -0.39 is 6.10 Å². The second kappa shape index (κ2) is 14.3. The number of benzene rings is 5. The predicted molar refractivity (Wildman–Crippen MR) is 187 cm³/mol. The maximum atomic E-state index is 14.5. The quantitative estimate of drug-likeness (QED) is 0.142. The van der Waals surface area contributed by atoms with Crippen molar-refractivity contribution in [2.24, 2.45) is 0 Å². The van der Waals surface area contributed by atoms with Crippen LogP contribution in [-0.2, 0) is 24.4 Å². The van der Waals surface area contributed by atoms with Crippen molar-refractivity contribution < 1.29 is 23.4 Å². The molecule has 7 rings (SSSR count). The molecule has 0 fully saturated rings. The molecule has 6 aromatic rings. The van der Waals surface area contributed by atoms with Gasteiger partial charge in [0.2, 0.25) is 11.2 Å². The highest BCUT2D eigenvalue weighted by Crippen LogP contribution is 2.37. The summed E-state index contributed by atoms with van der Waals surface area (Å²) in [6, 6.07) is 41.2. The summed E-state index contributed by atoms with van der Waals surface area (Å²) in [5, 5.41) is 0.306. The molecule has 1 atom stereocenters. The Morgan fingerprint density at radius 2 is 1.29 bits per heavy atom. The van der Waals surface area contributed by atoms with Gasteiger partial charge in [-0.25, -0.2) is 0 Å². The molecule has 1 aliphatic rings. The Balaban J connectivity index is 1.31. The maximum absolute atomic E-state index is 14.5. The number of fused-ring (bicyclic) bond motifs is 1. The zero-order valence-electron chi connectivity index (χ0n) is 26.3. The molecule has 5 aromatic carbocycles. The SMILES string of the molecule is O=C1C=C[C@H](Oc2c(-c3ccc(OCc4ccccc4)cc3)oc3cc(Cc4ccccc4)cc(OCc4ccccc4)c3c2=O)CC1. The van der Waals surface area contributed by atoms with Crippen molar-refractivity contribution in [2.45, 2.75) is 38.6 Å². The fraction of sp³-hybridized carbons (Fsp3) is 0.143. The van der Waals surface area contributed by atoms with E-state index in [1.54, 1.807) is 6.08 Å². The molecule has 0 saturated carbocycles. The van der Waals surface area contributed by atoms with Gasteiger partial charge in [0.25, 0.3) is 0 Å². The highest BCUT2D eigenvalue weighted by atomic mass is 16.5. The molecule has 6 heteroatoms. The van der Waals surface area contributed by atoms with Gasteiger partial charge in [0, 0.05) is 12.0 Å². The Bertz CT molecular complexity index is 2100. The molecule has 0 unspecified atom stereocenters. The number of ketones is 1. The second-order valence-corrected chi connectivity index (χ2v) is 11.8. The normalized spacial score (nSPS) is 14.2. The summed E-state index contributed by atoms with van der Waals surface area (Å²) >= 11 is 0. The van der Waals surface area contributed by atoms with Crippen molar-refractivity contribution in [2.75, 3.05) is 0 Å². The first-order valence-electron chi connectivity index (χ1n) is 16.1. The zero-order chi connectivity index (χ0) is 32.7. The van der Waals surface area contributed by atoms with E-state index in [0.717, 1.165) is 22.3 Å². The molecule has 0 N–H and O–H groups in total. The molecular weight excluding hydrogens is 600 g/mol. The maximum Gasteiger partial charge on any atom is 0.239 e. The topological polar surface area (TPSA) is 75.0 Å². The van der Waals surface area contributed by atoms with Gasteiger partial charge in [-0.05, 0) is 83.6 Å².